The highest BCUT2D eigenvalue weighted by molar-refractivity contribution is 9.10. The lowest BCUT2D eigenvalue weighted by molar-refractivity contribution is 0.0827. The number of carbonyl (C=O) groups excluding carboxylic acids is 1. The molecule has 1 aromatic carbocycles. The van der Waals surface area contributed by atoms with E-state index in [1.165, 1.54) is 0 Å². The van der Waals surface area contributed by atoms with Gasteiger partial charge in [0.05, 0.1) is 11.1 Å². The van der Waals surface area contributed by atoms with Gasteiger partial charge in [-0.3, -0.25) is 4.79 Å². The van der Waals surface area contributed by atoms with Crippen LogP contribution in [0, 0.1) is 5.92 Å². The molecule has 2 unspecified atom stereocenters. The molecule has 1 aliphatic heterocycles. The third-order valence-corrected chi connectivity index (χ3v) is 4.69. The van der Waals surface area contributed by atoms with Crippen LogP contribution in [0.15, 0.2) is 22.7 Å². The van der Waals surface area contributed by atoms with E-state index in [0.717, 1.165) is 23.9 Å². The summed E-state index contributed by atoms with van der Waals surface area (Å²) in [4.78, 5) is 12.0. The van der Waals surface area contributed by atoms with Gasteiger partial charge >= 0.3 is 0 Å². The first-order valence-electron chi connectivity index (χ1n) is 6.46. The summed E-state index contributed by atoms with van der Waals surface area (Å²) in [6.07, 6.45) is 2.28. The number of hydrogen-bond donors (Lipinski definition) is 1. The lowest BCUT2D eigenvalue weighted by Gasteiger charge is -2.17. The monoisotopic (exact) mass is 345 g/mol. The number of amides is 1. The average Bonchev–Trinajstić information content (AvgIpc) is 2.86. The molecule has 19 heavy (non-hydrogen) atoms. The maximum Gasteiger partial charge on any atom is 0.251 e. The number of halogens is 2. The number of carbonyl (C=O) groups is 1. The van der Waals surface area contributed by atoms with Crippen LogP contribution < -0.4 is 5.32 Å². The van der Waals surface area contributed by atoms with Crippen molar-refractivity contribution >= 4 is 33.4 Å². The van der Waals surface area contributed by atoms with Gasteiger partial charge in [-0.15, -0.1) is 0 Å². The van der Waals surface area contributed by atoms with Gasteiger partial charge in [-0.2, -0.15) is 0 Å². The Balaban J connectivity index is 1.92. The Morgan fingerprint density at radius 2 is 2.37 bits per heavy atom. The minimum Gasteiger partial charge on any atom is -0.378 e. The van der Waals surface area contributed by atoms with E-state index in [-0.39, 0.29) is 12.0 Å². The van der Waals surface area contributed by atoms with Crippen LogP contribution in [0.4, 0.5) is 0 Å². The second-order valence-electron chi connectivity index (χ2n) is 4.71. The molecule has 0 saturated carbocycles. The van der Waals surface area contributed by atoms with Crippen molar-refractivity contribution in [3.63, 3.8) is 0 Å². The standard InChI is InChI=1S/C14H17BrClNO2/c1-2-13-10(5-6-19-13)8-17-14(18)9-3-4-11(15)12(16)7-9/h3-4,7,10,13H,2,5-6,8H2,1H3,(H,17,18). The minimum absolute atomic E-state index is 0.0869. The first-order chi connectivity index (χ1) is 9.11. The molecule has 1 amide bonds. The Bertz CT molecular complexity index is 467. The number of hydrogen-bond acceptors (Lipinski definition) is 2. The molecule has 0 spiro atoms. The van der Waals surface area contributed by atoms with Crippen LogP contribution in [-0.2, 0) is 4.74 Å². The summed E-state index contributed by atoms with van der Waals surface area (Å²) < 4.78 is 6.40. The first-order valence-corrected chi connectivity index (χ1v) is 7.63. The molecule has 2 rings (SSSR count). The summed E-state index contributed by atoms with van der Waals surface area (Å²) >= 11 is 9.29. The molecule has 1 fully saturated rings. The Hall–Kier alpha value is -0.580. The van der Waals surface area contributed by atoms with E-state index in [2.05, 4.69) is 28.2 Å². The van der Waals surface area contributed by atoms with Gasteiger partial charge in [0.1, 0.15) is 0 Å². The zero-order valence-corrected chi connectivity index (χ0v) is 13.1. The van der Waals surface area contributed by atoms with Gasteiger partial charge in [0, 0.05) is 29.1 Å². The lowest BCUT2D eigenvalue weighted by Crippen LogP contribution is -2.32. The quantitative estimate of drug-likeness (QED) is 0.904. The van der Waals surface area contributed by atoms with E-state index in [1.54, 1.807) is 18.2 Å². The molecule has 1 saturated heterocycles. The fourth-order valence-corrected chi connectivity index (χ4v) is 2.77. The fourth-order valence-electron chi connectivity index (χ4n) is 2.34. The maximum atomic E-state index is 12.0. The molecular formula is C14H17BrClNO2. The molecule has 0 bridgehead atoms. The molecule has 0 radical (unpaired) electrons. The molecule has 2 atom stereocenters. The molecule has 1 aliphatic rings. The lowest BCUT2D eigenvalue weighted by atomic mass is 9.99. The smallest absolute Gasteiger partial charge is 0.251 e. The summed E-state index contributed by atoms with van der Waals surface area (Å²) in [6.45, 7) is 3.56. The number of benzene rings is 1. The van der Waals surface area contributed by atoms with Crippen molar-refractivity contribution in [1.82, 2.24) is 5.32 Å². The molecule has 104 valence electrons. The average molecular weight is 347 g/mol. The largest absolute Gasteiger partial charge is 0.378 e. The summed E-state index contributed by atoms with van der Waals surface area (Å²) in [5.74, 6) is 0.330. The second kappa shape index (κ2) is 6.73. The van der Waals surface area contributed by atoms with E-state index < -0.39 is 0 Å². The predicted molar refractivity (Wildman–Crippen MR) is 79.6 cm³/mol. The summed E-state index contributed by atoms with van der Waals surface area (Å²) in [5, 5.41) is 3.50. The van der Waals surface area contributed by atoms with E-state index in [0.29, 0.717) is 23.0 Å². The molecule has 1 heterocycles. The number of ether oxygens (including phenoxy) is 1. The number of nitrogens with one attached hydrogen (secondary N) is 1. The molecule has 5 heteroatoms. The molecule has 1 N–H and O–H groups in total. The van der Waals surface area contributed by atoms with Crippen LogP contribution >= 0.6 is 27.5 Å². The Labute approximate surface area is 126 Å². The summed E-state index contributed by atoms with van der Waals surface area (Å²) in [7, 11) is 0. The maximum absolute atomic E-state index is 12.0. The molecule has 1 aromatic rings. The molecule has 0 aliphatic carbocycles. The zero-order chi connectivity index (χ0) is 13.8. The molecule has 0 aromatic heterocycles. The van der Waals surface area contributed by atoms with E-state index >= 15 is 0 Å². The predicted octanol–water partition coefficient (Wildman–Crippen LogP) is 3.65. The van der Waals surface area contributed by atoms with Gasteiger partial charge in [0.2, 0.25) is 0 Å². The highest BCUT2D eigenvalue weighted by atomic mass is 79.9. The Morgan fingerprint density at radius 3 is 3.05 bits per heavy atom. The van der Waals surface area contributed by atoms with Gasteiger partial charge in [-0.25, -0.2) is 0 Å². The van der Waals surface area contributed by atoms with Crippen molar-refractivity contribution in [2.75, 3.05) is 13.2 Å². The van der Waals surface area contributed by atoms with Gasteiger partial charge in [0.25, 0.3) is 5.91 Å². The third-order valence-electron chi connectivity index (χ3n) is 3.46. The highest BCUT2D eigenvalue weighted by Gasteiger charge is 2.26. The summed E-state index contributed by atoms with van der Waals surface area (Å²) in [5.41, 5.74) is 0.583. The molecular weight excluding hydrogens is 330 g/mol. The third kappa shape index (κ3) is 3.71. The zero-order valence-electron chi connectivity index (χ0n) is 10.8. The first kappa shape index (κ1) is 14.8. The Morgan fingerprint density at radius 1 is 1.58 bits per heavy atom. The van der Waals surface area contributed by atoms with Gasteiger partial charge < -0.3 is 10.1 Å². The van der Waals surface area contributed by atoms with Crippen LogP contribution in [0.1, 0.15) is 30.1 Å². The topological polar surface area (TPSA) is 38.3 Å². The van der Waals surface area contributed by atoms with Crippen LogP contribution in [0.25, 0.3) is 0 Å². The minimum atomic E-state index is -0.0869. The van der Waals surface area contributed by atoms with Crippen molar-refractivity contribution in [3.8, 4) is 0 Å². The Kier molecular flexibility index (Phi) is 5.25. The van der Waals surface area contributed by atoms with E-state index in [1.807, 2.05) is 0 Å². The van der Waals surface area contributed by atoms with Crippen molar-refractivity contribution in [2.45, 2.75) is 25.9 Å². The van der Waals surface area contributed by atoms with Crippen molar-refractivity contribution in [3.05, 3.63) is 33.3 Å². The highest BCUT2D eigenvalue weighted by Crippen LogP contribution is 2.24. The van der Waals surface area contributed by atoms with E-state index in [4.69, 9.17) is 16.3 Å². The van der Waals surface area contributed by atoms with Crippen molar-refractivity contribution in [1.29, 1.82) is 0 Å². The van der Waals surface area contributed by atoms with Gasteiger partial charge in [-0.05, 0) is 47.0 Å². The number of rotatable bonds is 4. The van der Waals surface area contributed by atoms with Crippen LogP contribution in [0.2, 0.25) is 5.02 Å². The molecule has 3 nitrogen and oxygen atoms in total. The normalized spacial score (nSPS) is 22.5. The SMILES string of the molecule is CCC1OCCC1CNC(=O)c1ccc(Br)c(Cl)c1. The van der Waals surface area contributed by atoms with Gasteiger partial charge in [0.15, 0.2) is 0 Å². The second-order valence-corrected chi connectivity index (χ2v) is 5.97. The van der Waals surface area contributed by atoms with Gasteiger partial charge in [-0.1, -0.05) is 18.5 Å². The van der Waals surface area contributed by atoms with Crippen LogP contribution in [0.3, 0.4) is 0 Å². The van der Waals surface area contributed by atoms with Crippen molar-refractivity contribution < 1.29 is 9.53 Å². The summed E-state index contributed by atoms with van der Waals surface area (Å²) in [6, 6.07) is 5.21. The van der Waals surface area contributed by atoms with Crippen LogP contribution in [0.5, 0.6) is 0 Å². The van der Waals surface area contributed by atoms with Crippen LogP contribution in [-0.4, -0.2) is 25.2 Å². The van der Waals surface area contributed by atoms with Crippen molar-refractivity contribution in [2.24, 2.45) is 5.92 Å². The van der Waals surface area contributed by atoms with E-state index in [9.17, 15) is 4.79 Å². The fraction of sp³-hybridized carbons (Fsp3) is 0.500.